The first kappa shape index (κ1) is 16.5. The minimum absolute atomic E-state index is 0.0146. The lowest BCUT2D eigenvalue weighted by Gasteiger charge is -2.21. The Hall–Kier alpha value is -2.37. The number of amides is 2. The molecule has 6 heteroatoms. The molecular formula is C18H22N2O4. The predicted molar refractivity (Wildman–Crippen MR) is 86.8 cm³/mol. The molecule has 0 saturated carbocycles. The molecule has 6 nitrogen and oxygen atoms in total. The molecular weight excluding hydrogens is 308 g/mol. The van der Waals surface area contributed by atoms with E-state index in [2.05, 4.69) is 0 Å². The number of carboxylic acid groups (broad SMARTS) is 1. The molecule has 2 aliphatic rings. The quantitative estimate of drug-likeness (QED) is 0.900. The van der Waals surface area contributed by atoms with Gasteiger partial charge in [0.25, 0.3) is 0 Å². The first-order valence-electron chi connectivity index (χ1n) is 8.29. The summed E-state index contributed by atoms with van der Waals surface area (Å²) in [7, 11) is 0. The summed E-state index contributed by atoms with van der Waals surface area (Å²) >= 11 is 0. The van der Waals surface area contributed by atoms with Crippen LogP contribution in [-0.4, -0.2) is 52.3 Å². The fourth-order valence-corrected chi connectivity index (χ4v) is 3.62. The molecule has 2 heterocycles. The van der Waals surface area contributed by atoms with Crippen LogP contribution in [0.1, 0.15) is 18.9 Å². The molecule has 3 atom stereocenters. The van der Waals surface area contributed by atoms with Crippen molar-refractivity contribution in [1.29, 1.82) is 0 Å². The van der Waals surface area contributed by atoms with E-state index in [4.69, 9.17) is 0 Å². The fraction of sp³-hybridized carbons (Fsp3) is 0.500. The zero-order chi connectivity index (χ0) is 17.3. The standard InChI is InChI=1S/C18H22N2O4/c1-12-8-20(11-15(12)18(23)24)17(22)14-7-16(21)19(10-14)9-13-5-3-2-4-6-13/h2-6,12,14-15H,7-11H2,1H3,(H,23,24)/t12-,14?,15-/m1/s1. The molecule has 1 aromatic rings. The van der Waals surface area contributed by atoms with Gasteiger partial charge in [0, 0.05) is 32.6 Å². The van der Waals surface area contributed by atoms with E-state index in [1.54, 1.807) is 9.80 Å². The van der Waals surface area contributed by atoms with Gasteiger partial charge in [0.2, 0.25) is 11.8 Å². The molecule has 1 aromatic carbocycles. The molecule has 128 valence electrons. The highest BCUT2D eigenvalue weighted by Crippen LogP contribution is 2.28. The van der Waals surface area contributed by atoms with Crippen LogP contribution in [-0.2, 0) is 20.9 Å². The fourth-order valence-electron chi connectivity index (χ4n) is 3.62. The van der Waals surface area contributed by atoms with Gasteiger partial charge in [-0.1, -0.05) is 37.3 Å². The number of carbonyl (C=O) groups excluding carboxylic acids is 2. The molecule has 1 N–H and O–H groups in total. The molecule has 2 saturated heterocycles. The first-order chi connectivity index (χ1) is 11.5. The number of hydrogen-bond donors (Lipinski definition) is 1. The van der Waals surface area contributed by atoms with E-state index in [0.29, 0.717) is 19.6 Å². The number of carbonyl (C=O) groups is 3. The van der Waals surface area contributed by atoms with Crippen molar-refractivity contribution in [2.45, 2.75) is 19.9 Å². The number of aliphatic carboxylic acids is 1. The third-order valence-electron chi connectivity index (χ3n) is 5.02. The number of nitrogens with zero attached hydrogens (tertiary/aromatic N) is 2. The van der Waals surface area contributed by atoms with Crippen LogP contribution in [0.3, 0.4) is 0 Å². The minimum atomic E-state index is -0.856. The van der Waals surface area contributed by atoms with Crippen molar-refractivity contribution >= 4 is 17.8 Å². The van der Waals surface area contributed by atoms with Crippen molar-refractivity contribution in [2.75, 3.05) is 19.6 Å². The summed E-state index contributed by atoms with van der Waals surface area (Å²) in [6, 6.07) is 9.70. The SMILES string of the molecule is C[C@@H]1CN(C(=O)C2CC(=O)N(Cc3ccccc3)C2)C[C@H]1C(=O)O. The molecule has 0 aromatic heterocycles. The second kappa shape index (κ2) is 6.63. The normalized spacial score (nSPS) is 26.9. The summed E-state index contributed by atoms with van der Waals surface area (Å²) in [6.07, 6.45) is 0.217. The lowest BCUT2D eigenvalue weighted by atomic mass is 9.99. The van der Waals surface area contributed by atoms with E-state index in [0.717, 1.165) is 5.56 Å². The maximum Gasteiger partial charge on any atom is 0.308 e. The summed E-state index contributed by atoms with van der Waals surface area (Å²) in [4.78, 5) is 39.4. The summed E-state index contributed by atoms with van der Waals surface area (Å²) in [5.74, 6) is -1.88. The Morgan fingerprint density at radius 1 is 1.17 bits per heavy atom. The number of carboxylic acids is 1. The van der Waals surface area contributed by atoms with Crippen molar-refractivity contribution in [3.8, 4) is 0 Å². The van der Waals surface area contributed by atoms with Crippen molar-refractivity contribution in [1.82, 2.24) is 9.80 Å². The van der Waals surface area contributed by atoms with E-state index in [1.807, 2.05) is 37.3 Å². The molecule has 2 aliphatic heterocycles. The van der Waals surface area contributed by atoms with Crippen molar-refractivity contribution in [3.63, 3.8) is 0 Å². The van der Waals surface area contributed by atoms with Gasteiger partial charge in [0.15, 0.2) is 0 Å². The van der Waals surface area contributed by atoms with Gasteiger partial charge >= 0.3 is 5.97 Å². The summed E-state index contributed by atoms with van der Waals surface area (Å²) in [6.45, 7) is 3.48. The van der Waals surface area contributed by atoms with Crippen molar-refractivity contribution < 1.29 is 19.5 Å². The van der Waals surface area contributed by atoms with Crippen LogP contribution in [0.4, 0.5) is 0 Å². The Bertz CT molecular complexity index is 646. The monoisotopic (exact) mass is 330 g/mol. The summed E-state index contributed by atoms with van der Waals surface area (Å²) < 4.78 is 0. The highest BCUT2D eigenvalue weighted by atomic mass is 16.4. The molecule has 2 amide bonds. The van der Waals surface area contributed by atoms with Crippen LogP contribution in [0, 0.1) is 17.8 Å². The molecule has 2 fully saturated rings. The van der Waals surface area contributed by atoms with Crippen LogP contribution >= 0.6 is 0 Å². The third kappa shape index (κ3) is 3.27. The van der Waals surface area contributed by atoms with Gasteiger partial charge in [-0.2, -0.15) is 0 Å². The van der Waals surface area contributed by atoms with Gasteiger partial charge in [-0.15, -0.1) is 0 Å². The van der Waals surface area contributed by atoms with Crippen molar-refractivity contribution in [2.24, 2.45) is 17.8 Å². The highest BCUT2D eigenvalue weighted by Gasteiger charge is 2.42. The molecule has 0 spiro atoms. The lowest BCUT2D eigenvalue weighted by molar-refractivity contribution is -0.142. The Labute approximate surface area is 141 Å². The second-order valence-electron chi connectivity index (χ2n) is 6.83. The average molecular weight is 330 g/mol. The summed E-state index contributed by atoms with van der Waals surface area (Å²) in [5.41, 5.74) is 1.04. The topological polar surface area (TPSA) is 77.9 Å². The van der Waals surface area contributed by atoms with E-state index in [-0.39, 0.29) is 36.6 Å². The molecule has 0 aliphatic carbocycles. The molecule has 0 radical (unpaired) electrons. The second-order valence-corrected chi connectivity index (χ2v) is 6.83. The Kier molecular flexibility index (Phi) is 4.55. The largest absolute Gasteiger partial charge is 0.481 e. The number of hydrogen-bond acceptors (Lipinski definition) is 3. The smallest absolute Gasteiger partial charge is 0.308 e. The van der Waals surface area contributed by atoms with Crippen LogP contribution in [0.25, 0.3) is 0 Å². The van der Waals surface area contributed by atoms with E-state index in [1.165, 1.54) is 0 Å². The lowest BCUT2D eigenvalue weighted by Crippen LogP contribution is -2.36. The van der Waals surface area contributed by atoms with Gasteiger partial charge in [0.05, 0.1) is 11.8 Å². The third-order valence-corrected chi connectivity index (χ3v) is 5.02. The van der Waals surface area contributed by atoms with Crippen LogP contribution in [0.2, 0.25) is 0 Å². The Morgan fingerprint density at radius 2 is 1.88 bits per heavy atom. The summed E-state index contributed by atoms with van der Waals surface area (Å²) in [5, 5.41) is 9.20. The van der Waals surface area contributed by atoms with Crippen LogP contribution in [0.5, 0.6) is 0 Å². The molecule has 1 unspecified atom stereocenters. The van der Waals surface area contributed by atoms with Crippen LogP contribution in [0.15, 0.2) is 30.3 Å². The Balaban J connectivity index is 1.61. The van der Waals surface area contributed by atoms with Gasteiger partial charge < -0.3 is 14.9 Å². The number of benzene rings is 1. The molecule has 0 bridgehead atoms. The average Bonchev–Trinajstić information content (AvgIpc) is 3.11. The number of rotatable bonds is 4. The highest BCUT2D eigenvalue weighted by molar-refractivity contribution is 5.89. The predicted octanol–water partition coefficient (Wildman–Crippen LogP) is 1.21. The molecule has 24 heavy (non-hydrogen) atoms. The van der Waals surface area contributed by atoms with Gasteiger partial charge in [-0.3, -0.25) is 14.4 Å². The maximum absolute atomic E-state index is 12.7. The van der Waals surface area contributed by atoms with E-state index < -0.39 is 11.9 Å². The zero-order valence-corrected chi connectivity index (χ0v) is 13.7. The van der Waals surface area contributed by atoms with Crippen LogP contribution < -0.4 is 0 Å². The van der Waals surface area contributed by atoms with Gasteiger partial charge in [0.1, 0.15) is 0 Å². The Morgan fingerprint density at radius 3 is 2.50 bits per heavy atom. The van der Waals surface area contributed by atoms with Crippen molar-refractivity contribution in [3.05, 3.63) is 35.9 Å². The van der Waals surface area contributed by atoms with E-state index in [9.17, 15) is 19.5 Å². The number of likely N-dealkylation sites (tertiary alicyclic amines) is 2. The molecule has 3 rings (SSSR count). The van der Waals surface area contributed by atoms with E-state index >= 15 is 0 Å². The van der Waals surface area contributed by atoms with Gasteiger partial charge in [-0.05, 0) is 11.5 Å². The zero-order valence-electron chi connectivity index (χ0n) is 13.7. The first-order valence-corrected chi connectivity index (χ1v) is 8.29. The minimum Gasteiger partial charge on any atom is -0.481 e. The van der Waals surface area contributed by atoms with Gasteiger partial charge in [-0.25, -0.2) is 0 Å². The maximum atomic E-state index is 12.7.